The van der Waals surface area contributed by atoms with Gasteiger partial charge in [0, 0.05) is 5.56 Å². The molecular weight excluding hydrogens is 253 g/mol. The second-order valence-electron chi connectivity index (χ2n) is 4.01. The predicted molar refractivity (Wildman–Crippen MR) is 65.6 cm³/mol. The number of halogens is 1. The fraction of sp³-hybridized carbons (Fsp3) is 0.250. The molecule has 4 N–H and O–H groups in total. The standard InChI is InChI=1S/C12H14FN3O3/c13-9-3-1-2-8(4-9)10(17)5-16(6-11(14)18)7-12(15)19/h1-4H,5-7H2,(H2,14,18)(H2,15,19). The van der Waals surface area contributed by atoms with Gasteiger partial charge < -0.3 is 11.5 Å². The van der Waals surface area contributed by atoms with Crippen molar-refractivity contribution < 1.29 is 18.8 Å². The van der Waals surface area contributed by atoms with Gasteiger partial charge in [0.2, 0.25) is 11.8 Å². The number of carbonyl (C=O) groups is 3. The van der Waals surface area contributed by atoms with Gasteiger partial charge in [0.05, 0.1) is 19.6 Å². The number of carbonyl (C=O) groups excluding carboxylic acids is 3. The highest BCUT2D eigenvalue weighted by atomic mass is 19.1. The lowest BCUT2D eigenvalue weighted by molar-refractivity contribution is -0.121. The quantitative estimate of drug-likeness (QED) is 0.636. The van der Waals surface area contributed by atoms with Gasteiger partial charge >= 0.3 is 0 Å². The summed E-state index contributed by atoms with van der Waals surface area (Å²) in [6.45, 7) is -0.788. The molecule has 0 aliphatic carbocycles. The van der Waals surface area contributed by atoms with E-state index in [1.807, 2.05) is 0 Å². The number of hydrogen-bond donors (Lipinski definition) is 2. The number of amides is 2. The molecule has 7 heteroatoms. The number of benzene rings is 1. The number of nitrogens with zero attached hydrogens (tertiary/aromatic N) is 1. The Morgan fingerprint density at radius 2 is 1.63 bits per heavy atom. The van der Waals surface area contributed by atoms with Crippen molar-refractivity contribution in [1.82, 2.24) is 4.90 Å². The maximum absolute atomic E-state index is 13.0. The van der Waals surface area contributed by atoms with Crippen LogP contribution in [0.5, 0.6) is 0 Å². The van der Waals surface area contributed by atoms with Crippen molar-refractivity contribution in [2.24, 2.45) is 11.5 Å². The average molecular weight is 267 g/mol. The Bertz CT molecular complexity index is 489. The molecule has 0 aromatic heterocycles. The summed E-state index contributed by atoms with van der Waals surface area (Å²) in [5.74, 6) is -2.34. The van der Waals surface area contributed by atoms with Crippen molar-refractivity contribution in [3.05, 3.63) is 35.6 Å². The highest BCUT2D eigenvalue weighted by molar-refractivity contribution is 5.98. The van der Waals surface area contributed by atoms with Gasteiger partial charge in [-0.05, 0) is 12.1 Å². The third-order valence-electron chi connectivity index (χ3n) is 2.27. The molecule has 2 amide bonds. The van der Waals surface area contributed by atoms with E-state index >= 15 is 0 Å². The lowest BCUT2D eigenvalue weighted by atomic mass is 10.1. The molecule has 1 rings (SSSR count). The Kier molecular flexibility index (Phi) is 5.13. The number of ketones is 1. The minimum atomic E-state index is -0.687. The van der Waals surface area contributed by atoms with E-state index < -0.39 is 23.4 Å². The number of nitrogens with two attached hydrogens (primary N) is 2. The third-order valence-corrected chi connectivity index (χ3v) is 2.27. The fourth-order valence-corrected chi connectivity index (χ4v) is 1.56. The average Bonchev–Trinajstić information content (AvgIpc) is 2.26. The zero-order valence-corrected chi connectivity index (χ0v) is 10.1. The van der Waals surface area contributed by atoms with Crippen molar-refractivity contribution in [2.75, 3.05) is 19.6 Å². The summed E-state index contributed by atoms with van der Waals surface area (Å²) in [4.78, 5) is 34.7. The smallest absolute Gasteiger partial charge is 0.231 e. The van der Waals surface area contributed by atoms with Gasteiger partial charge in [0.1, 0.15) is 5.82 Å². The van der Waals surface area contributed by atoms with E-state index in [0.29, 0.717) is 0 Å². The van der Waals surface area contributed by atoms with Crippen LogP contribution in [0.1, 0.15) is 10.4 Å². The first-order valence-electron chi connectivity index (χ1n) is 5.46. The van der Waals surface area contributed by atoms with E-state index in [2.05, 4.69) is 0 Å². The maximum Gasteiger partial charge on any atom is 0.231 e. The van der Waals surface area contributed by atoms with Crippen LogP contribution in [-0.4, -0.2) is 42.1 Å². The second-order valence-corrected chi connectivity index (χ2v) is 4.01. The Morgan fingerprint density at radius 1 is 1.05 bits per heavy atom. The van der Waals surface area contributed by atoms with E-state index in [1.165, 1.54) is 23.1 Å². The molecule has 0 aliphatic heterocycles. The van der Waals surface area contributed by atoms with E-state index in [0.717, 1.165) is 6.07 Å². The van der Waals surface area contributed by atoms with E-state index in [-0.39, 0.29) is 25.2 Å². The van der Waals surface area contributed by atoms with Crippen LogP contribution in [0.15, 0.2) is 24.3 Å². The molecular formula is C12H14FN3O3. The maximum atomic E-state index is 13.0. The van der Waals surface area contributed by atoms with Crippen LogP contribution in [-0.2, 0) is 9.59 Å². The SMILES string of the molecule is NC(=O)CN(CC(N)=O)CC(=O)c1cccc(F)c1. The van der Waals surface area contributed by atoms with Gasteiger partial charge in [-0.1, -0.05) is 12.1 Å². The first-order valence-corrected chi connectivity index (χ1v) is 5.46. The van der Waals surface area contributed by atoms with Gasteiger partial charge in [0.25, 0.3) is 0 Å². The van der Waals surface area contributed by atoms with Crippen LogP contribution in [0.3, 0.4) is 0 Å². The van der Waals surface area contributed by atoms with Crippen molar-refractivity contribution in [3.63, 3.8) is 0 Å². The minimum absolute atomic E-state index is 0.152. The molecule has 0 saturated heterocycles. The van der Waals surface area contributed by atoms with Gasteiger partial charge in [-0.3, -0.25) is 19.3 Å². The Hall–Kier alpha value is -2.28. The highest BCUT2D eigenvalue weighted by Gasteiger charge is 2.16. The normalized spacial score (nSPS) is 10.4. The molecule has 0 unspecified atom stereocenters. The number of Topliss-reactive ketones (excluding diaryl/α,β-unsaturated/α-hetero) is 1. The Balaban J connectivity index is 2.75. The Morgan fingerprint density at radius 3 is 2.11 bits per heavy atom. The molecule has 0 bridgehead atoms. The minimum Gasteiger partial charge on any atom is -0.369 e. The molecule has 0 aliphatic rings. The molecule has 1 aromatic rings. The molecule has 0 spiro atoms. The molecule has 0 radical (unpaired) electrons. The van der Waals surface area contributed by atoms with Crippen LogP contribution in [0.2, 0.25) is 0 Å². The van der Waals surface area contributed by atoms with Crippen molar-refractivity contribution in [3.8, 4) is 0 Å². The fourth-order valence-electron chi connectivity index (χ4n) is 1.56. The third kappa shape index (κ3) is 5.26. The second kappa shape index (κ2) is 6.60. The summed E-state index contributed by atoms with van der Waals surface area (Å²) >= 11 is 0. The number of hydrogen-bond acceptors (Lipinski definition) is 4. The van der Waals surface area contributed by atoms with E-state index in [4.69, 9.17) is 11.5 Å². The summed E-state index contributed by atoms with van der Waals surface area (Å²) < 4.78 is 13.0. The molecule has 19 heavy (non-hydrogen) atoms. The number of primary amides is 2. The lowest BCUT2D eigenvalue weighted by Gasteiger charge is -2.17. The zero-order chi connectivity index (χ0) is 14.4. The van der Waals surface area contributed by atoms with Gasteiger partial charge in [-0.2, -0.15) is 0 Å². The van der Waals surface area contributed by atoms with E-state index in [1.54, 1.807) is 0 Å². The summed E-state index contributed by atoms with van der Waals surface area (Å²) in [5.41, 5.74) is 10.2. The molecule has 6 nitrogen and oxygen atoms in total. The highest BCUT2D eigenvalue weighted by Crippen LogP contribution is 2.05. The topological polar surface area (TPSA) is 106 Å². The van der Waals surface area contributed by atoms with Gasteiger partial charge in [-0.15, -0.1) is 0 Å². The molecule has 0 fully saturated rings. The summed E-state index contributed by atoms with van der Waals surface area (Å²) in [7, 11) is 0. The van der Waals surface area contributed by atoms with Crippen LogP contribution in [0, 0.1) is 5.82 Å². The summed E-state index contributed by atoms with van der Waals surface area (Å²) in [6.07, 6.45) is 0. The zero-order valence-electron chi connectivity index (χ0n) is 10.1. The summed E-state index contributed by atoms with van der Waals surface area (Å²) in [6, 6.07) is 5.13. The lowest BCUT2D eigenvalue weighted by Crippen LogP contribution is -2.42. The number of rotatable bonds is 7. The molecule has 0 saturated carbocycles. The van der Waals surface area contributed by atoms with Gasteiger partial charge in [0.15, 0.2) is 5.78 Å². The van der Waals surface area contributed by atoms with Crippen molar-refractivity contribution in [2.45, 2.75) is 0 Å². The first kappa shape index (κ1) is 14.8. The monoisotopic (exact) mass is 267 g/mol. The van der Waals surface area contributed by atoms with Crippen molar-refractivity contribution in [1.29, 1.82) is 0 Å². The first-order chi connectivity index (χ1) is 8.88. The molecule has 102 valence electrons. The summed E-state index contributed by atoms with van der Waals surface area (Å²) in [5, 5.41) is 0. The van der Waals surface area contributed by atoms with Crippen LogP contribution in [0.25, 0.3) is 0 Å². The van der Waals surface area contributed by atoms with Crippen LogP contribution < -0.4 is 11.5 Å². The predicted octanol–water partition coefficient (Wildman–Crippen LogP) is -0.719. The van der Waals surface area contributed by atoms with Crippen molar-refractivity contribution >= 4 is 17.6 Å². The van der Waals surface area contributed by atoms with Crippen LogP contribution >= 0.6 is 0 Å². The molecule has 0 heterocycles. The molecule has 0 atom stereocenters. The largest absolute Gasteiger partial charge is 0.369 e. The van der Waals surface area contributed by atoms with E-state index in [9.17, 15) is 18.8 Å². The molecule has 1 aromatic carbocycles. The van der Waals surface area contributed by atoms with Gasteiger partial charge in [-0.25, -0.2) is 4.39 Å². The Labute approximate surface area is 109 Å². The van der Waals surface area contributed by atoms with Crippen LogP contribution in [0.4, 0.5) is 4.39 Å².